The van der Waals surface area contributed by atoms with Crippen molar-refractivity contribution in [2.45, 2.75) is 52.5 Å². The summed E-state index contributed by atoms with van der Waals surface area (Å²) in [4.78, 5) is 24.9. The van der Waals surface area contributed by atoms with Gasteiger partial charge in [0, 0.05) is 11.5 Å². The number of carbonyl (C=O) groups is 2. The maximum Gasteiger partial charge on any atom is 0.237 e. The molecule has 4 heteroatoms. The Kier molecular flexibility index (Phi) is 3.94. The molecule has 0 aromatic heterocycles. The molecular weight excluding hydrogens is 204 g/mol. The minimum atomic E-state index is -0.446. The van der Waals surface area contributed by atoms with Gasteiger partial charge in [-0.15, -0.1) is 0 Å². The van der Waals surface area contributed by atoms with Crippen LogP contribution in [0.3, 0.4) is 0 Å². The minimum absolute atomic E-state index is 0.0261. The molecule has 2 N–H and O–H groups in total. The molecule has 1 saturated carbocycles. The van der Waals surface area contributed by atoms with Crippen molar-refractivity contribution in [3.63, 3.8) is 0 Å². The Labute approximate surface area is 97.2 Å². The molecular formula is C12H22N2O2. The number of hydrogen-bond donors (Lipinski definition) is 1. The van der Waals surface area contributed by atoms with Gasteiger partial charge < -0.3 is 10.6 Å². The first kappa shape index (κ1) is 13.0. The van der Waals surface area contributed by atoms with E-state index in [0.29, 0.717) is 0 Å². The van der Waals surface area contributed by atoms with Crippen LogP contribution >= 0.6 is 0 Å². The molecule has 1 aliphatic rings. The van der Waals surface area contributed by atoms with Crippen molar-refractivity contribution in [3.8, 4) is 0 Å². The van der Waals surface area contributed by atoms with E-state index in [1.54, 1.807) is 4.90 Å². The van der Waals surface area contributed by atoms with E-state index < -0.39 is 11.3 Å². The van der Waals surface area contributed by atoms with Crippen LogP contribution in [-0.2, 0) is 9.59 Å². The first-order chi connectivity index (χ1) is 7.32. The normalized spacial score (nSPS) is 17.4. The molecule has 0 bridgehead atoms. The molecule has 16 heavy (non-hydrogen) atoms. The summed E-state index contributed by atoms with van der Waals surface area (Å²) < 4.78 is 0. The van der Waals surface area contributed by atoms with Gasteiger partial charge in [0.1, 0.15) is 0 Å². The number of primary amides is 1. The van der Waals surface area contributed by atoms with Gasteiger partial charge in [-0.3, -0.25) is 9.59 Å². The van der Waals surface area contributed by atoms with Crippen LogP contribution in [-0.4, -0.2) is 29.3 Å². The van der Waals surface area contributed by atoms with Gasteiger partial charge in [-0.2, -0.15) is 0 Å². The lowest BCUT2D eigenvalue weighted by molar-refractivity contribution is -0.144. The van der Waals surface area contributed by atoms with Gasteiger partial charge in [0.15, 0.2) is 0 Å². The SMILES string of the molecule is CC(C)(C)C(=O)N(CC(N)=O)C1CCCC1. The first-order valence-electron chi connectivity index (χ1n) is 5.92. The number of rotatable bonds is 3. The molecule has 1 rings (SSSR count). The standard InChI is InChI=1S/C12H22N2O2/c1-12(2,3)11(16)14(8-10(13)15)9-6-4-5-7-9/h9H,4-8H2,1-3H3,(H2,13,15). The second-order valence-electron chi connectivity index (χ2n) is 5.59. The monoisotopic (exact) mass is 226 g/mol. The van der Waals surface area contributed by atoms with Gasteiger partial charge in [-0.1, -0.05) is 33.6 Å². The summed E-state index contributed by atoms with van der Waals surface area (Å²) in [5, 5.41) is 0. The minimum Gasteiger partial charge on any atom is -0.368 e. The molecule has 0 spiro atoms. The van der Waals surface area contributed by atoms with Gasteiger partial charge in [-0.25, -0.2) is 0 Å². The van der Waals surface area contributed by atoms with Crippen molar-refractivity contribution in [1.29, 1.82) is 0 Å². The molecule has 92 valence electrons. The molecule has 0 aromatic rings. The Balaban J connectivity index is 2.77. The molecule has 0 saturated heterocycles. The van der Waals surface area contributed by atoms with E-state index in [9.17, 15) is 9.59 Å². The molecule has 1 aliphatic carbocycles. The predicted molar refractivity (Wildman–Crippen MR) is 62.6 cm³/mol. The topological polar surface area (TPSA) is 63.4 Å². The third-order valence-electron chi connectivity index (χ3n) is 2.99. The fraction of sp³-hybridized carbons (Fsp3) is 0.833. The fourth-order valence-corrected chi connectivity index (χ4v) is 2.18. The van der Waals surface area contributed by atoms with Crippen molar-refractivity contribution < 1.29 is 9.59 Å². The molecule has 4 nitrogen and oxygen atoms in total. The summed E-state index contributed by atoms with van der Waals surface area (Å²) in [6.45, 7) is 5.68. The van der Waals surface area contributed by atoms with Crippen LogP contribution < -0.4 is 5.73 Å². The van der Waals surface area contributed by atoms with Crippen molar-refractivity contribution >= 4 is 11.8 Å². The first-order valence-corrected chi connectivity index (χ1v) is 5.92. The average molecular weight is 226 g/mol. The number of hydrogen-bond acceptors (Lipinski definition) is 2. The van der Waals surface area contributed by atoms with E-state index in [-0.39, 0.29) is 18.5 Å². The summed E-state index contributed by atoms with van der Waals surface area (Å²) in [6, 6.07) is 0.208. The van der Waals surface area contributed by atoms with Crippen LogP contribution in [0, 0.1) is 5.41 Å². The quantitative estimate of drug-likeness (QED) is 0.788. The summed E-state index contributed by atoms with van der Waals surface area (Å²) in [7, 11) is 0. The van der Waals surface area contributed by atoms with E-state index in [0.717, 1.165) is 25.7 Å². The van der Waals surface area contributed by atoms with Gasteiger partial charge in [0.2, 0.25) is 11.8 Å². The van der Waals surface area contributed by atoms with E-state index in [1.165, 1.54) is 0 Å². The van der Waals surface area contributed by atoms with Crippen LogP contribution in [0.25, 0.3) is 0 Å². The number of nitrogens with zero attached hydrogens (tertiary/aromatic N) is 1. The van der Waals surface area contributed by atoms with Gasteiger partial charge in [0.25, 0.3) is 0 Å². The molecule has 0 atom stereocenters. The van der Waals surface area contributed by atoms with Gasteiger partial charge in [-0.05, 0) is 12.8 Å². The smallest absolute Gasteiger partial charge is 0.237 e. The number of nitrogens with two attached hydrogens (primary N) is 1. The van der Waals surface area contributed by atoms with Crippen LogP contribution in [0.2, 0.25) is 0 Å². The predicted octanol–water partition coefficient (Wildman–Crippen LogP) is 1.29. The largest absolute Gasteiger partial charge is 0.368 e. The zero-order valence-electron chi connectivity index (χ0n) is 10.5. The molecule has 0 radical (unpaired) electrons. The molecule has 0 aromatic carbocycles. The maximum absolute atomic E-state index is 12.2. The Morgan fingerprint density at radius 1 is 1.25 bits per heavy atom. The Hall–Kier alpha value is -1.06. The zero-order valence-corrected chi connectivity index (χ0v) is 10.5. The average Bonchev–Trinajstić information content (AvgIpc) is 2.63. The lowest BCUT2D eigenvalue weighted by Gasteiger charge is -2.33. The lowest BCUT2D eigenvalue weighted by Crippen LogP contribution is -2.48. The lowest BCUT2D eigenvalue weighted by atomic mass is 9.93. The van der Waals surface area contributed by atoms with E-state index in [2.05, 4.69) is 0 Å². The fourth-order valence-electron chi connectivity index (χ4n) is 2.18. The molecule has 2 amide bonds. The van der Waals surface area contributed by atoms with Crippen molar-refractivity contribution in [1.82, 2.24) is 4.90 Å². The second kappa shape index (κ2) is 4.85. The van der Waals surface area contributed by atoms with Crippen molar-refractivity contribution in [2.24, 2.45) is 11.1 Å². The van der Waals surface area contributed by atoms with E-state index >= 15 is 0 Å². The van der Waals surface area contributed by atoms with Gasteiger partial charge in [0.05, 0.1) is 6.54 Å². The zero-order chi connectivity index (χ0) is 12.3. The highest BCUT2D eigenvalue weighted by atomic mass is 16.2. The summed E-state index contributed by atoms with van der Waals surface area (Å²) in [5.74, 6) is -0.400. The summed E-state index contributed by atoms with van der Waals surface area (Å²) in [5.41, 5.74) is 4.76. The molecule has 0 unspecified atom stereocenters. The molecule has 0 heterocycles. The van der Waals surface area contributed by atoms with Gasteiger partial charge >= 0.3 is 0 Å². The molecule has 1 fully saturated rings. The highest BCUT2D eigenvalue weighted by Crippen LogP contribution is 2.27. The number of amides is 2. The van der Waals surface area contributed by atoms with E-state index in [1.807, 2.05) is 20.8 Å². The highest BCUT2D eigenvalue weighted by Gasteiger charge is 2.33. The van der Waals surface area contributed by atoms with Crippen LogP contribution in [0.15, 0.2) is 0 Å². The second-order valence-corrected chi connectivity index (χ2v) is 5.59. The third kappa shape index (κ3) is 3.22. The van der Waals surface area contributed by atoms with Crippen LogP contribution in [0.4, 0.5) is 0 Å². The summed E-state index contributed by atoms with van der Waals surface area (Å²) >= 11 is 0. The van der Waals surface area contributed by atoms with Crippen LogP contribution in [0.5, 0.6) is 0 Å². The van der Waals surface area contributed by atoms with Crippen LogP contribution in [0.1, 0.15) is 46.5 Å². The van der Waals surface area contributed by atoms with Crippen molar-refractivity contribution in [2.75, 3.05) is 6.54 Å². The Bertz CT molecular complexity index is 275. The Morgan fingerprint density at radius 2 is 1.75 bits per heavy atom. The summed E-state index contributed by atoms with van der Waals surface area (Å²) in [6.07, 6.45) is 4.26. The molecule has 0 aliphatic heterocycles. The third-order valence-corrected chi connectivity index (χ3v) is 2.99. The van der Waals surface area contributed by atoms with Crippen molar-refractivity contribution in [3.05, 3.63) is 0 Å². The Morgan fingerprint density at radius 3 is 2.12 bits per heavy atom. The maximum atomic E-state index is 12.2. The number of carbonyl (C=O) groups excluding carboxylic acids is 2. The van der Waals surface area contributed by atoms with E-state index in [4.69, 9.17) is 5.73 Å². The highest BCUT2D eigenvalue weighted by molar-refractivity contribution is 5.87.